The van der Waals surface area contributed by atoms with Crippen LogP contribution in [-0.4, -0.2) is 24.4 Å². The molecule has 0 fully saturated rings. The number of para-hydroxylation sites is 1. The van der Waals surface area contributed by atoms with Gasteiger partial charge in [-0.1, -0.05) is 42.5 Å². The maximum atomic E-state index is 12.4. The van der Waals surface area contributed by atoms with E-state index in [-0.39, 0.29) is 5.56 Å². The summed E-state index contributed by atoms with van der Waals surface area (Å²) in [7, 11) is 0. The Morgan fingerprint density at radius 2 is 1.50 bits per heavy atom. The Kier molecular flexibility index (Phi) is 6.78. The molecule has 0 aliphatic rings. The number of esters is 1. The quantitative estimate of drug-likeness (QED) is 0.561. The van der Waals surface area contributed by atoms with Crippen molar-refractivity contribution in [2.24, 2.45) is 5.73 Å². The van der Waals surface area contributed by atoms with E-state index < -0.39 is 24.4 Å². The molecule has 2 amide bonds. The van der Waals surface area contributed by atoms with Crippen LogP contribution in [0.5, 0.6) is 5.75 Å². The van der Waals surface area contributed by atoms with Crippen LogP contribution in [0.4, 0.5) is 5.69 Å². The Labute approximate surface area is 173 Å². The van der Waals surface area contributed by atoms with E-state index in [4.69, 9.17) is 15.2 Å². The van der Waals surface area contributed by atoms with E-state index >= 15 is 0 Å². The summed E-state index contributed by atoms with van der Waals surface area (Å²) in [6, 6.07) is 22.3. The Morgan fingerprint density at radius 1 is 0.833 bits per heavy atom. The fraction of sp³-hybridized carbons (Fsp3) is 0.0870. The summed E-state index contributed by atoms with van der Waals surface area (Å²) in [5, 5.41) is 2.58. The lowest BCUT2D eigenvalue weighted by molar-refractivity contribution is -0.119. The van der Waals surface area contributed by atoms with Crippen LogP contribution in [0.15, 0.2) is 78.9 Å². The van der Waals surface area contributed by atoms with Gasteiger partial charge in [0.1, 0.15) is 17.9 Å². The first-order chi connectivity index (χ1) is 14.5. The van der Waals surface area contributed by atoms with Crippen LogP contribution in [0, 0.1) is 0 Å². The van der Waals surface area contributed by atoms with Gasteiger partial charge in [-0.05, 0) is 42.0 Å². The standard InChI is InChI=1S/C23H20N2O5/c24-22(27)17-10-12-18(13-11-17)25-21(26)15-30-23(28)19-8-4-5-9-20(19)29-14-16-6-2-1-3-7-16/h1-13H,14-15H2,(H2,24,27)(H,25,26). The third-order valence-electron chi connectivity index (χ3n) is 4.13. The molecule has 0 saturated carbocycles. The second-order valence-corrected chi connectivity index (χ2v) is 6.34. The molecule has 0 spiro atoms. The van der Waals surface area contributed by atoms with Crippen LogP contribution in [-0.2, 0) is 16.1 Å². The zero-order valence-electron chi connectivity index (χ0n) is 16.0. The van der Waals surface area contributed by atoms with E-state index in [1.165, 1.54) is 24.3 Å². The summed E-state index contributed by atoms with van der Waals surface area (Å²) < 4.78 is 10.8. The number of carbonyl (C=O) groups is 3. The van der Waals surface area contributed by atoms with Crippen molar-refractivity contribution in [3.63, 3.8) is 0 Å². The van der Waals surface area contributed by atoms with Crippen LogP contribution in [0.3, 0.4) is 0 Å². The van der Waals surface area contributed by atoms with E-state index in [0.717, 1.165) is 5.56 Å². The molecule has 7 heteroatoms. The van der Waals surface area contributed by atoms with E-state index in [0.29, 0.717) is 23.6 Å². The second kappa shape index (κ2) is 9.88. The van der Waals surface area contributed by atoms with Crippen molar-refractivity contribution in [1.82, 2.24) is 0 Å². The zero-order valence-corrected chi connectivity index (χ0v) is 16.0. The highest BCUT2D eigenvalue weighted by Gasteiger charge is 2.15. The van der Waals surface area contributed by atoms with E-state index in [1.807, 2.05) is 30.3 Å². The zero-order chi connectivity index (χ0) is 21.3. The van der Waals surface area contributed by atoms with Gasteiger partial charge in [0.15, 0.2) is 6.61 Å². The van der Waals surface area contributed by atoms with Gasteiger partial charge in [-0.2, -0.15) is 0 Å². The molecule has 0 bridgehead atoms. The van der Waals surface area contributed by atoms with Gasteiger partial charge in [-0.15, -0.1) is 0 Å². The summed E-state index contributed by atoms with van der Waals surface area (Å²) >= 11 is 0. The van der Waals surface area contributed by atoms with Crippen LogP contribution in [0.1, 0.15) is 26.3 Å². The molecule has 0 heterocycles. The van der Waals surface area contributed by atoms with Gasteiger partial charge in [0.25, 0.3) is 5.91 Å². The largest absolute Gasteiger partial charge is 0.488 e. The molecule has 3 N–H and O–H groups in total. The van der Waals surface area contributed by atoms with E-state index in [9.17, 15) is 14.4 Å². The Morgan fingerprint density at radius 3 is 2.20 bits per heavy atom. The summed E-state index contributed by atoms with van der Waals surface area (Å²) in [5.74, 6) is -1.38. The average molecular weight is 404 g/mol. The van der Waals surface area contributed by atoms with Crippen molar-refractivity contribution >= 4 is 23.5 Å². The van der Waals surface area contributed by atoms with Gasteiger partial charge in [0.05, 0.1) is 0 Å². The number of benzene rings is 3. The molecule has 152 valence electrons. The van der Waals surface area contributed by atoms with Gasteiger partial charge in [-0.25, -0.2) is 4.79 Å². The Hall–Kier alpha value is -4.13. The first-order valence-electron chi connectivity index (χ1n) is 9.15. The first-order valence-corrected chi connectivity index (χ1v) is 9.15. The summed E-state index contributed by atoms with van der Waals surface area (Å²) in [4.78, 5) is 35.5. The summed E-state index contributed by atoms with van der Waals surface area (Å²) in [5.41, 5.74) is 7.14. The van der Waals surface area contributed by atoms with E-state index in [1.54, 1.807) is 24.3 Å². The van der Waals surface area contributed by atoms with Gasteiger partial charge >= 0.3 is 5.97 Å². The molecule has 3 aromatic carbocycles. The molecule has 0 aliphatic heterocycles. The molecule has 0 aliphatic carbocycles. The minimum Gasteiger partial charge on any atom is -0.488 e. The third kappa shape index (κ3) is 5.68. The molecular formula is C23H20N2O5. The van der Waals surface area contributed by atoms with Gasteiger partial charge in [-0.3, -0.25) is 9.59 Å². The smallest absolute Gasteiger partial charge is 0.342 e. The number of carbonyl (C=O) groups excluding carboxylic acids is 3. The molecule has 7 nitrogen and oxygen atoms in total. The van der Waals surface area contributed by atoms with Gasteiger partial charge in [0, 0.05) is 11.3 Å². The van der Waals surface area contributed by atoms with Crippen LogP contribution >= 0.6 is 0 Å². The second-order valence-electron chi connectivity index (χ2n) is 6.34. The first kappa shape index (κ1) is 20.6. The normalized spacial score (nSPS) is 10.1. The van der Waals surface area contributed by atoms with E-state index in [2.05, 4.69) is 5.32 Å². The lowest BCUT2D eigenvalue weighted by atomic mass is 10.2. The number of nitrogens with one attached hydrogen (secondary N) is 1. The topological polar surface area (TPSA) is 108 Å². The minimum atomic E-state index is -0.669. The lowest BCUT2D eigenvalue weighted by Gasteiger charge is -2.11. The summed E-state index contributed by atoms with van der Waals surface area (Å²) in [6.45, 7) is -0.170. The highest BCUT2D eigenvalue weighted by atomic mass is 16.5. The average Bonchev–Trinajstić information content (AvgIpc) is 2.77. The van der Waals surface area contributed by atoms with Gasteiger partial charge in [0.2, 0.25) is 5.91 Å². The number of primary amides is 1. The molecule has 0 radical (unpaired) electrons. The Bertz CT molecular complexity index is 1030. The highest BCUT2D eigenvalue weighted by molar-refractivity contribution is 5.97. The molecule has 3 rings (SSSR count). The predicted octanol–water partition coefficient (Wildman–Crippen LogP) is 3.16. The number of hydrogen-bond donors (Lipinski definition) is 2. The number of amides is 2. The number of ether oxygens (including phenoxy) is 2. The minimum absolute atomic E-state index is 0.229. The van der Waals surface area contributed by atoms with Crippen LogP contribution in [0.2, 0.25) is 0 Å². The number of rotatable bonds is 8. The molecule has 30 heavy (non-hydrogen) atoms. The maximum Gasteiger partial charge on any atom is 0.342 e. The molecule has 0 atom stereocenters. The fourth-order valence-electron chi connectivity index (χ4n) is 2.62. The molecule has 0 saturated heterocycles. The highest BCUT2D eigenvalue weighted by Crippen LogP contribution is 2.20. The number of anilines is 1. The molecule has 3 aromatic rings. The molecule has 0 aromatic heterocycles. The van der Waals surface area contributed by atoms with Crippen molar-refractivity contribution in [1.29, 1.82) is 0 Å². The van der Waals surface area contributed by atoms with Crippen molar-refractivity contribution in [2.75, 3.05) is 11.9 Å². The van der Waals surface area contributed by atoms with Gasteiger partial charge < -0.3 is 20.5 Å². The monoisotopic (exact) mass is 404 g/mol. The van der Waals surface area contributed by atoms with Crippen molar-refractivity contribution in [2.45, 2.75) is 6.61 Å². The SMILES string of the molecule is NC(=O)c1ccc(NC(=O)COC(=O)c2ccccc2OCc2ccccc2)cc1. The van der Waals surface area contributed by atoms with Crippen molar-refractivity contribution < 1.29 is 23.9 Å². The fourth-order valence-corrected chi connectivity index (χ4v) is 2.62. The van der Waals surface area contributed by atoms with Crippen LogP contribution in [0.25, 0.3) is 0 Å². The predicted molar refractivity (Wildman–Crippen MR) is 111 cm³/mol. The van der Waals surface area contributed by atoms with Crippen molar-refractivity contribution in [3.8, 4) is 5.75 Å². The molecular weight excluding hydrogens is 384 g/mol. The number of hydrogen-bond acceptors (Lipinski definition) is 5. The Balaban J connectivity index is 1.55. The van der Waals surface area contributed by atoms with Crippen molar-refractivity contribution in [3.05, 3.63) is 95.6 Å². The third-order valence-corrected chi connectivity index (χ3v) is 4.13. The number of nitrogens with two attached hydrogens (primary N) is 1. The van der Waals surface area contributed by atoms with Crippen LogP contribution < -0.4 is 15.8 Å². The lowest BCUT2D eigenvalue weighted by Crippen LogP contribution is -2.21. The molecule has 0 unspecified atom stereocenters. The summed E-state index contributed by atoms with van der Waals surface area (Å²) in [6.07, 6.45) is 0. The maximum absolute atomic E-state index is 12.4.